The van der Waals surface area contributed by atoms with Crippen molar-refractivity contribution < 1.29 is 24.5 Å². The zero-order chi connectivity index (χ0) is 43.1. The number of amides is 1. The van der Waals surface area contributed by atoms with Crippen LogP contribution in [0.25, 0.3) is 0 Å². The number of aliphatic hydroxyl groups is 2. The third kappa shape index (κ3) is 42.3. The van der Waals surface area contributed by atoms with Crippen LogP contribution in [0.2, 0.25) is 0 Å². The lowest BCUT2D eigenvalue weighted by molar-refractivity contribution is -0.151. The zero-order valence-corrected chi connectivity index (χ0v) is 39.1. The molecule has 3 atom stereocenters. The fourth-order valence-corrected chi connectivity index (χ4v) is 7.68. The Morgan fingerprint density at radius 2 is 0.915 bits per heavy atom. The van der Waals surface area contributed by atoms with Crippen LogP contribution in [0.5, 0.6) is 0 Å². The Morgan fingerprint density at radius 1 is 0.508 bits per heavy atom. The average Bonchev–Trinajstić information content (AvgIpc) is 3.23. The van der Waals surface area contributed by atoms with Gasteiger partial charge in [0.05, 0.1) is 25.2 Å². The second kappa shape index (κ2) is 46.9. The van der Waals surface area contributed by atoms with E-state index >= 15 is 0 Å². The van der Waals surface area contributed by atoms with E-state index in [2.05, 4.69) is 56.5 Å². The molecule has 0 bridgehead atoms. The molecular weight excluding hydrogens is 731 g/mol. The van der Waals surface area contributed by atoms with E-state index < -0.39 is 18.2 Å². The summed E-state index contributed by atoms with van der Waals surface area (Å²) in [6.07, 6.45) is 56.1. The molecule has 0 fully saturated rings. The van der Waals surface area contributed by atoms with E-state index in [1.807, 2.05) is 18.2 Å². The third-order valence-corrected chi connectivity index (χ3v) is 11.5. The summed E-state index contributed by atoms with van der Waals surface area (Å²) in [5, 5.41) is 23.7. The molecule has 3 N–H and O–H groups in total. The number of nitrogens with one attached hydrogen (secondary N) is 1. The molecular formula is C53H97NO5. The van der Waals surface area contributed by atoms with Crippen molar-refractivity contribution >= 4 is 11.9 Å². The molecule has 0 radical (unpaired) electrons. The highest BCUT2D eigenvalue weighted by molar-refractivity contribution is 5.77. The summed E-state index contributed by atoms with van der Waals surface area (Å²) in [5.41, 5.74) is 0. The van der Waals surface area contributed by atoms with Crippen LogP contribution >= 0.6 is 0 Å². The number of carbonyl (C=O) groups is 2. The molecule has 3 unspecified atom stereocenters. The average molecular weight is 828 g/mol. The first kappa shape index (κ1) is 56.8. The van der Waals surface area contributed by atoms with Crippen LogP contribution in [0.15, 0.2) is 48.6 Å². The maximum atomic E-state index is 13.1. The van der Waals surface area contributed by atoms with Gasteiger partial charge in [0.2, 0.25) is 5.91 Å². The summed E-state index contributed by atoms with van der Waals surface area (Å²) >= 11 is 0. The Hall–Kier alpha value is -2.18. The number of hydrogen-bond donors (Lipinski definition) is 3. The molecule has 0 aromatic carbocycles. The number of hydrogen-bond acceptors (Lipinski definition) is 5. The van der Waals surface area contributed by atoms with Gasteiger partial charge in [0.15, 0.2) is 0 Å². The van der Waals surface area contributed by atoms with Gasteiger partial charge in [-0.1, -0.05) is 243 Å². The first-order valence-electron chi connectivity index (χ1n) is 25.4. The van der Waals surface area contributed by atoms with Crippen molar-refractivity contribution in [1.82, 2.24) is 5.32 Å². The normalized spacial score (nSPS) is 13.6. The largest absolute Gasteiger partial charge is 0.462 e. The Labute approximate surface area is 366 Å². The lowest BCUT2D eigenvalue weighted by Crippen LogP contribution is -2.46. The van der Waals surface area contributed by atoms with Gasteiger partial charge in [-0.25, -0.2) is 0 Å². The Bertz CT molecular complexity index is 1020. The number of allylic oxidation sites excluding steroid dienone is 8. The molecule has 0 aliphatic carbocycles. The van der Waals surface area contributed by atoms with Gasteiger partial charge >= 0.3 is 5.97 Å². The van der Waals surface area contributed by atoms with Crippen LogP contribution < -0.4 is 5.32 Å². The Kier molecular flexibility index (Phi) is 45.1. The van der Waals surface area contributed by atoms with Crippen molar-refractivity contribution in [2.24, 2.45) is 0 Å². The Balaban J connectivity index is 4.41. The van der Waals surface area contributed by atoms with E-state index in [1.54, 1.807) is 0 Å². The van der Waals surface area contributed by atoms with Gasteiger partial charge in [-0.2, -0.15) is 0 Å². The first-order chi connectivity index (χ1) is 29.0. The maximum Gasteiger partial charge on any atom is 0.306 e. The van der Waals surface area contributed by atoms with E-state index in [0.29, 0.717) is 19.3 Å². The summed E-state index contributed by atoms with van der Waals surface area (Å²) in [6.45, 7) is 6.33. The van der Waals surface area contributed by atoms with Gasteiger partial charge in [0, 0.05) is 6.42 Å². The third-order valence-electron chi connectivity index (χ3n) is 11.5. The number of esters is 1. The maximum absolute atomic E-state index is 13.1. The minimum absolute atomic E-state index is 0.0689. The predicted molar refractivity (Wildman–Crippen MR) is 255 cm³/mol. The molecule has 6 nitrogen and oxygen atoms in total. The molecule has 0 aliphatic heterocycles. The fourth-order valence-electron chi connectivity index (χ4n) is 7.68. The van der Waals surface area contributed by atoms with E-state index in [1.165, 1.54) is 128 Å². The molecule has 0 aliphatic rings. The molecule has 344 valence electrons. The summed E-state index contributed by atoms with van der Waals surface area (Å²) in [4.78, 5) is 26.0. The van der Waals surface area contributed by atoms with E-state index in [4.69, 9.17) is 4.74 Å². The van der Waals surface area contributed by atoms with Crippen LogP contribution in [0.3, 0.4) is 0 Å². The van der Waals surface area contributed by atoms with Crippen LogP contribution in [-0.4, -0.2) is 46.9 Å². The van der Waals surface area contributed by atoms with Gasteiger partial charge in [0.25, 0.3) is 0 Å². The molecule has 0 aromatic rings. The summed E-state index contributed by atoms with van der Waals surface area (Å²) < 4.78 is 5.89. The molecule has 6 heteroatoms. The fraction of sp³-hybridized carbons (Fsp3) is 0.811. The van der Waals surface area contributed by atoms with Crippen molar-refractivity contribution in [3.8, 4) is 0 Å². The number of unbranched alkanes of at least 4 members (excludes halogenated alkanes) is 28. The van der Waals surface area contributed by atoms with Crippen LogP contribution in [-0.2, 0) is 14.3 Å². The lowest BCUT2D eigenvalue weighted by Gasteiger charge is -2.24. The minimum atomic E-state index is -0.790. The highest BCUT2D eigenvalue weighted by Crippen LogP contribution is 2.18. The number of carbonyl (C=O) groups excluding carboxylic acids is 2. The van der Waals surface area contributed by atoms with E-state index in [9.17, 15) is 19.8 Å². The van der Waals surface area contributed by atoms with Gasteiger partial charge in [-0.15, -0.1) is 0 Å². The van der Waals surface area contributed by atoms with E-state index in [0.717, 1.165) is 77.0 Å². The predicted octanol–water partition coefficient (Wildman–Crippen LogP) is 15.1. The molecule has 0 spiro atoms. The zero-order valence-electron chi connectivity index (χ0n) is 39.1. The van der Waals surface area contributed by atoms with Crippen molar-refractivity contribution in [1.29, 1.82) is 0 Å². The highest BCUT2D eigenvalue weighted by atomic mass is 16.5. The quantitative estimate of drug-likeness (QED) is 0.0323. The van der Waals surface area contributed by atoms with E-state index in [-0.39, 0.29) is 24.9 Å². The molecule has 0 rings (SSSR count). The van der Waals surface area contributed by atoms with Crippen molar-refractivity contribution in [2.75, 3.05) is 6.61 Å². The van der Waals surface area contributed by atoms with Gasteiger partial charge < -0.3 is 20.3 Å². The monoisotopic (exact) mass is 828 g/mol. The van der Waals surface area contributed by atoms with Crippen LogP contribution in [0, 0.1) is 0 Å². The lowest BCUT2D eigenvalue weighted by atomic mass is 10.0. The molecule has 0 saturated heterocycles. The molecule has 0 heterocycles. The second-order valence-electron chi connectivity index (χ2n) is 17.3. The highest BCUT2D eigenvalue weighted by Gasteiger charge is 2.24. The second-order valence-corrected chi connectivity index (χ2v) is 17.3. The molecule has 0 saturated carbocycles. The van der Waals surface area contributed by atoms with Crippen LogP contribution in [0.1, 0.15) is 252 Å². The number of ether oxygens (including phenoxy) is 1. The molecule has 1 amide bonds. The SMILES string of the molecule is CC/C=C/C=C/C=C/C=C\CCCCCCCC(=O)OC(CCCCCCCCCC)CC(=O)NC(CO)C(O)CCCCCCCCCCCCCCCCCCC. The number of aliphatic hydroxyl groups excluding tert-OH is 2. The Morgan fingerprint density at radius 3 is 1.39 bits per heavy atom. The van der Waals surface area contributed by atoms with Gasteiger partial charge in [0.1, 0.15) is 6.10 Å². The minimum Gasteiger partial charge on any atom is -0.462 e. The summed E-state index contributed by atoms with van der Waals surface area (Å²) in [6, 6.07) is -0.704. The van der Waals surface area contributed by atoms with Crippen molar-refractivity contribution in [2.45, 2.75) is 270 Å². The smallest absolute Gasteiger partial charge is 0.306 e. The first-order valence-corrected chi connectivity index (χ1v) is 25.4. The number of rotatable bonds is 45. The topological polar surface area (TPSA) is 95.9 Å². The molecule has 59 heavy (non-hydrogen) atoms. The van der Waals surface area contributed by atoms with Crippen LogP contribution in [0.4, 0.5) is 0 Å². The molecule has 0 aromatic heterocycles. The van der Waals surface area contributed by atoms with Crippen molar-refractivity contribution in [3.05, 3.63) is 48.6 Å². The van der Waals surface area contributed by atoms with Gasteiger partial charge in [-0.3, -0.25) is 9.59 Å². The summed E-state index contributed by atoms with van der Waals surface area (Å²) in [7, 11) is 0. The van der Waals surface area contributed by atoms with Gasteiger partial charge in [-0.05, 0) is 44.9 Å². The standard InChI is InChI=1S/C53H97NO5/c1-4-7-10-13-16-19-21-23-25-26-28-29-31-33-36-39-42-45-51(56)50(48-55)54-52(57)47-49(44-41-38-35-18-15-12-9-6-3)59-53(58)46-43-40-37-34-32-30-27-24-22-20-17-14-11-8-5-2/h8,11,14,17,20,22,24,27,49-51,55-56H,4-7,9-10,12-13,15-16,18-19,21,23,25-26,28-48H2,1-3H3,(H,54,57)/b11-8+,17-14+,22-20+,27-24-. The van der Waals surface area contributed by atoms with Crippen molar-refractivity contribution in [3.63, 3.8) is 0 Å². The summed E-state index contributed by atoms with van der Waals surface area (Å²) in [5.74, 6) is -0.498.